The molecule has 0 spiro atoms. The number of pyridine rings is 1. The number of nitrogens with zero attached hydrogens (tertiary/aromatic N) is 6. The summed E-state index contributed by atoms with van der Waals surface area (Å²) in [6.07, 6.45) is 1.23. The Morgan fingerprint density at radius 1 is 1.15 bits per heavy atom. The normalized spacial score (nSPS) is 15.2. The van der Waals surface area contributed by atoms with Crippen molar-refractivity contribution in [3.8, 4) is 28.8 Å². The molecule has 2 aromatic carbocycles. The first-order chi connectivity index (χ1) is 19.5. The maximum Gasteiger partial charge on any atom is 0.355 e. The number of hydrogen-bond donors (Lipinski definition) is 1. The van der Waals surface area contributed by atoms with Gasteiger partial charge in [-0.3, -0.25) is 4.79 Å². The second-order valence-electron chi connectivity index (χ2n) is 9.98. The van der Waals surface area contributed by atoms with Gasteiger partial charge in [-0.2, -0.15) is 10.2 Å². The van der Waals surface area contributed by atoms with Crippen molar-refractivity contribution < 1.29 is 18.7 Å². The van der Waals surface area contributed by atoms with Gasteiger partial charge in [0, 0.05) is 25.7 Å². The second kappa shape index (κ2) is 10.5. The van der Waals surface area contributed by atoms with Crippen LogP contribution in [0, 0.1) is 36.8 Å². The van der Waals surface area contributed by atoms with E-state index in [2.05, 4.69) is 22.6 Å². The number of phenols is 1. The summed E-state index contributed by atoms with van der Waals surface area (Å²) < 4.78 is 31.8. The lowest BCUT2D eigenvalue weighted by molar-refractivity contribution is -0.126. The summed E-state index contributed by atoms with van der Waals surface area (Å²) in [6.45, 7) is 9.79. The SMILES string of the molecule is C=CC(=O)N1CCN(c2nc(=O)n(-c3c(C)cc(C#N)cc3C)c3nc(-c4c(O)cccc4F)c(F)cc23)[C@@H](C)C1. The van der Waals surface area contributed by atoms with Gasteiger partial charge in [-0.05, 0) is 68.3 Å². The molecule has 1 aliphatic heterocycles. The third-order valence-electron chi connectivity index (χ3n) is 7.26. The van der Waals surface area contributed by atoms with E-state index in [9.17, 15) is 24.3 Å². The van der Waals surface area contributed by atoms with Crippen LogP contribution in [0.4, 0.5) is 14.6 Å². The molecule has 0 radical (unpaired) electrons. The van der Waals surface area contributed by atoms with Gasteiger partial charge < -0.3 is 14.9 Å². The minimum atomic E-state index is -0.924. The first-order valence-corrected chi connectivity index (χ1v) is 12.9. The van der Waals surface area contributed by atoms with Crippen LogP contribution < -0.4 is 10.6 Å². The van der Waals surface area contributed by atoms with Crippen LogP contribution in [0.15, 0.2) is 53.8 Å². The van der Waals surface area contributed by atoms with Crippen molar-refractivity contribution in [3.05, 3.63) is 87.9 Å². The van der Waals surface area contributed by atoms with E-state index < -0.39 is 34.3 Å². The number of aryl methyl sites for hydroxylation is 2. The number of aromatic nitrogens is 3. The average Bonchev–Trinajstić information content (AvgIpc) is 2.93. The first-order valence-electron chi connectivity index (χ1n) is 12.9. The largest absolute Gasteiger partial charge is 0.507 e. The summed E-state index contributed by atoms with van der Waals surface area (Å²) in [7, 11) is 0. The van der Waals surface area contributed by atoms with Crippen molar-refractivity contribution in [3.63, 3.8) is 0 Å². The summed E-state index contributed by atoms with van der Waals surface area (Å²) in [5, 5.41) is 20.0. The van der Waals surface area contributed by atoms with E-state index in [0.717, 1.165) is 12.1 Å². The highest BCUT2D eigenvalue weighted by atomic mass is 19.1. The molecule has 2 aromatic heterocycles. The molecule has 1 aliphatic rings. The molecule has 4 aromatic rings. The Balaban J connectivity index is 1.82. The molecule has 1 saturated heterocycles. The number of halogens is 2. The van der Waals surface area contributed by atoms with Gasteiger partial charge in [0.15, 0.2) is 11.5 Å². The smallest absolute Gasteiger partial charge is 0.355 e. The van der Waals surface area contributed by atoms with E-state index in [1.54, 1.807) is 35.8 Å². The minimum Gasteiger partial charge on any atom is -0.507 e. The third kappa shape index (κ3) is 4.67. The van der Waals surface area contributed by atoms with Gasteiger partial charge in [0.2, 0.25) is 5.91 Å². The fourth-order valence-electron chi connectivity index (χ4n) is 5.42. The molecule has 11 heteroatoms. The van der Waals surface area contributed by atoms with Crippen LogP contribution in [0.1, 0.15) is 23.6 Å². The quantitative estimate of drug-likeness (QED) is 0.376. The molecular weight excluding hydrogens is 530 g/mol. The fourth-order valence-corrected chi connectivity index (χ4v) is 5.42. The molecular formula is C30H26F2N6O3. The Morgan fingerprint density at radius 3 is 2.46 bits per heavy atom. The summed E-state index contributed by atoms with van der Waals surface area (Å²) in [4.78, 5) is 38.2. The summed E-state index contributed by atoms with van der Waals surface area (Å²) >= 11 is 0. The van der Waals surface area contributed by atoms with Crippen LogP contribution in [-0.4, -0.2) is 56.1 Å². The van der Waals surface area contributed by atoms with Gasteiger partial charge >= 0.3 is 5.69 Å². The Bertz CT molecular complexity index is 1800. The molecule has 0 unspecified atom stereocenters. The number of carbonyl (C=O) groups is 1. The molecule has 1 atom stereocenters. The van der Waals surface area contributed by atoms with Crippen LogP contribution in [0.3, 0.4) is 0 Å². The zero-order valence-electron chi connectivity index (χ0n) is 22.7. The maximum absolute atomic E-state index is 15.7. The molecule has 0 aliphatic carbocycles. The highest BCUT2D eigenvalue weighted by Gasteiger charge is 2.30. The predicted octanol–water partition coefficient (Wildman–Crippen LogP) is 4.14. The fraction of sp³-hybridized carbons (Fsp3) is 0.233. The molecule has 208 valence electrons. The molecule has 0 saturated carbocycles. The van der Waals surface area contributed by atoms with Gasteiger partial charge in [0.1, 0.15) is 23.1 Å². The average molecular weight is 557 g/mol. The number of amides is 1. The number of nitriles is 1. The summed E-state index contributed by atoms with van der Waals surface area (Å²) in [6, 6.07) is 9.72. The molecule has 41 heavy (non-hydrogen) atoms. The van der Waals surface area contributed by atoms with Crippen LogP contribution >= 0.6 is 0 Å². The first kappa shape index (κ1) is 27.5. The number of fused-ring (bicyclic) bond motifs is 1. The molecule has 3 heterocycles. The number of rotatable bonds is 4. The topological polar surface area (TPSA) is 115 Å². The van der Waals surface area contributed by atoms with E-state index in [4.69, 9.17) is 0 Å². The molecule has 1 N–H and O–H groups in total. The minimum absolute atomic E-state index is 0.00763. The Morgan fingerprint density at radius 2 is 1.85 bits per heavy atom. The third-order valence-corrected chi connectivity index (χ3v) is 7.26. The zero-order valence-corrected chi connectivity index (χ0v) is 22.7. The number of carbonyl (C=O) groups excluding carboxylic acids is 1. The van der Waals surface area contributed by atoms with Crippen LogP contribution in [0.25, 0.3) is 28.0 Å². The number of benzene rings is 2. The number of hydrogen-bond acceptors (Lipinski definition) is 7. The lowest BCUT2D eigenvalue weighted by atomic mass is 10.0. The molecule has 1 fully saturated rings. The Kier molecular flexibility index (Phi) is 7.01. The summed E-state index contributed by atoms with van der Waals surface area (Å²) in [5.74, 6) is -2.38. The number of anilines is 1. The number of aromatic hydroxyl groups is 1. The van der Waals surface area contributed by atoms with E-state index in [-0.39, 0.29) is 28.8 Å². The van der Waals surface area contributed by atoms with Crippen molar-refractivity contribution in [2.24, 2.45) is 0 Å². The second-order valence-corrected chi connectivity index (χ2v) is 9.98. The Labute approximate surface area is 234 Å². The van der Waals surface area contributed by atoms with Crippen molar-refractivity contribution in [2.75, 3.05) is 24.5 Å². The highest BCUT2D eigenvalue weighted by Crippen LogP contribution is 2.36. The van der Waals surface area contributed by atoms with Crippen LogP contribution in [-0.2, 0) is 4.79 Å². The van der Waals surface area contributed by atoms with Gasteiger partial charge in [0.05, 0.1) is 28.3 Å². The van der Waals surface area contributed by atoms with Gasteiger partial charge in [-0.25, -0.2) is 23.1 Å². The maximum atomic E-state index is 15.7. The number of phenolic OH excluding ortho intramolecular Hbond substituents is 1. The summed E-state index contributed by atoms with van der Waals surface area (Å²) in [5.41, 5.74) is 0.295. The van der Waals surface area contributed by atoms with E-state index in [1.165, 1.54) is 22.8 Å². The van der Waals surface area contributed by atoms with Crippen molar-refractivity contribution in [1.29, 1.82) is 5.26 Å². The highest BCUT2D eigenvalue weighted by molar-refractivity contribution is 5.91. The molecule has 5 rings (SSSR count). The van der Waals surface area contributed by atoms with Crippen molar-refractivity contribution >= 4 is 22.8 Å². The molecule has 9 nitrogen and oxygen atoms in total. The van der Waals surface area contributed by atoms with Crippen LogP contribution in [0.5, 0.6) is 5.75 Å². The van der Waals surface area contributed by atoms with Gasteiger partial charge in [-0.1, -0.05) is 12.6 Å². The van der Waals surface area contributed by atoms with E-state index in [1.807, 2.05) is 6.92 Å². The monoisotopic (exact) mass is 556 g/mol. The standard InChI is InChI=1S/C30H26F2N6O3/c1-5-24(40)36-9-10-37(18(4)15-36)28-20-13-22(32)26(25-21(31)7-6-8-23(25)39)34-29(20)38(30(41)35-28)27-16(2)11-19(14-33)12-17(27)3/h5-8,11-13,18,39H,1,9-10,15H2,2-4H3/t18-/m0/s1. The molecule has 1 amide bonds. The zero-order chi connectivity index (χ0) is 29.6. The van der Waals surface area contributed by atoms with Crippen molar-refractivity contribution in [1.82, 2.24) is 19.4 Å². The number of piperazine rings is 1. The van der Waals surface area contributed by atoms with E-state index >= 15 is 4.39 Å². The predicted molar refractivity (Wildman–Crippen MR) is 150 cm³/mol. The lowest BCUT2D eigenvalue weighted by Crippen LogP contribution is -2.54. The van der Waals surface area contributed by atoms with Gasteiger partial charge in [-0.15, -0.1) is 0 Å². The van der Waals surface area contributed by atoms with Gasteiger partial charge in [0.25, 0.3) is 0 Å². The lowest BCUT2D eigenvalue weighted by Gasteiger charge is -2.40. The van der Waals surface area contributed by atoms with E-state index in [0.29, 0.717) is 42.0 Å². The molecule has 0 bridgehead atoms. The van der Waals surface area contributed by atoms with Crippen molar-refractivity contribution in [2.45, 2.75) is 26.8 Å². The Hall–Kier alpha value is -5.11. The van der Waals surface area contributed by atoms with Crippen LogP contribution in [0.2, 0.25) is 0 Å².